The Labute approximate surface area is 117 Å². The van der Waals surface area contributed by atoms with Gasteiger partial charge in [-0.05, 0) is 33.4 Å². The van der Waals surface area contributed by atoms with E-state index < -0.39 is 0 Å². The second-order valence-corrected chi connectivity index (χ2v) is 5.01. The highest BCUT2D eigenvalue weighted by Crippen LogP contribution is 2.22. The molecule has 0 heterocycles. The molecule has 0 bridgehead atoms. The normalized spacial score (nSPS) is 17.6. The van der Waals surface area contributed by atoms with Gasteiger partial charge in [-0.2, -0.15) is 0 Å². The summed E-state index contributed by atoms with van der Waals surface area (Å²) in [7, 11) is 3.89. The molecule has 0 aromatic heterocycles. The Bertz CT molecular complexity index is 213. The Morgan fingerprint density at radius 3 is 1.95 bits per heavy atom. The van der Waals surface area contributed by atoms with Gasteiger partial charge in [-0.25, -0.2) is 0 Å². The largest absolute Gasteiger partial charge is 0.395 e. The van der Waals surface area contributed by atoms with Crippen molar-refractivity contribution in [3.05, 3.63) is 0 Å². The molecule has 5 heteroatoms. The van der Waals surface area contributed by atoms with Crippen molar-refractivity contribution in [3.63, 3.8) is 0 Å². The van der Waals surface area contributed by atoms with E-state index in [4.69, 9.17) is 10.2 Å². The molecule has 0 aromatic carbocycles. The Balaban J connectivity index is 0.000000278. The maximum Gasteiger partial charge on any atom is 0.132 e. The van der Waals surface area contributed by atoms with E-state index in [1.807, 2.05) is 0 Å². The third-order valence-electron chi connectivity index (χ3n) is 3.42. The predicted octanol–water partition coefficient (Wildman–Crippen LogP) is 0.401. The van der Waals surface area contributed by atoms with Crippen molar-refractivity contribution in [3.8, 4) is 0 Å². The molecular formula is C14H30N2O3. The summed E-state index contributed by atoms with van der Waals surface area (Å²) >= 11 is 0. The lowest BCUT2D eigenvalue weighted by atomic mass is 9.92. The summed E-state index contributed by atoms with van der Waals surface area (Å²) in [5.41, 5.74) is 0. The quantitative estimate of drug-likeness (QED) is 0.677. The fourth-order valence-corrected chi connectivity index (χ4v) is 1.60. The van der Waals surface area contributed by atoms with Gasteiger partial charge in [-0.15, -0.1) is 0 Å². The van der Waals surface area contributed by atoms with Gasteiger partial charge in [0.2, 0.25) is 0 Å². The molecule has 2 saturated carbocycles. The van der Waals surface area contributed by atoms with Crippen LogP contribution < -0.4 is 5.32 Å². The molecule has 19 heavy (non-hydrogen) atoms. The molecule has 0 atom stereocenters. The summed E-state index contributed by atoms with van der Waals surface area (Å²) in [4.78, 5) is 12.1. The van der Waals surface area contributed by atoms with Gasteiger partial charge >= 0.3 is 0 Å². The van der Waals surface area contributed by atoms with Gasteiger partial charge < -0.3 is 20.4 Å². The molecule has 2 aliphatic rings. The molecular weight excluding hydrogens is 244 g/mol. The third-order valence-corrected chi connectivity index (χ3v) is 3.42. The molecule has 5 nitrogen and oxygen atoms in total. The first-order valence-corrected chi connectivity index (χ1v) is 7.24. The first-order chi connectivity index (χ1) is 9.15. The maximum absolute atomic E-state index is 9.90. The lowest BCUT2D eigenvalue weighted by Crippen LogP contribution is -2.38. The summed E-state index contributed by atoms with van der Waals surface area (Å²) in [6.07, 6.45) is 6.87. The van der Waals surface area contributed by atoms with Gasteiger partial charge in [-0.3, -0.25) is 4.79 Å². The summed E-state index contributed by atoms with van der Waals surface area (Å²) < 4.78 is 0. The number of nitrogens with zero attached hydrogens (tertiary/aromatic N) is 1. The monoisotopic (exact) mass is 274 g/mol. The van der Waals surface area contributed by atoms with Crippen molar-refractivity contribution in [2.45, 2.75) is 44.6 Å². The number of likely N-dealkylation sites (N-methyl/N-ethyl adjacent to an activating group) is 2. The zero-order chi connectivity index (χ0) is 14.5. The van der Waals surface area contributed by atoms with Crippen molar-refractivity contribution in [2.24, 2.45) is 0 Å². The van der Waals surface area contributed by atoms with Crippen molar-refractivity contribution in [1.29, 1.82) is 0 Å². The van der Waals surface area contributed by atoms with Gasteiger partial charge in [0.1, 0.15) is 5.78 Å². The first kappa shape index (κ1) is 18.5. The van der Waals surface area contributed by atoms with Crippen LogP contribution >= 0.6 is 0 Å². The number of rotatable bonds is 5. The van der Waals surface area contributed by atoms with E-state index >= 15 is 0 Å². The summed E-state index contributed by atoms with van der Waals surface area (Å²) in [6.45, 7) is 2.06. The second kappa shape index (κ2) is 12.5. The van der Waals surface area contributed by atoms with E-state index in [1.165, 1.54) is 19.3 Å². The van der Waals surface area contributed by atoms with Crippen molar-refractivity contribution in [1.82, 2.24) is 10.2 Å². The third kappa shape index (κ3) is 10.0. The lowest BCUT2D eigenvalue weighted by Gasteiger charge is -2.34. The van der Waals surface area contributed by atoms with Gasteiger partial charge in [-0.1, -0.05) is 6.42 Å². The van der Waals surface area contributed by atoms with Gasteiger partial charge in [0.05, 0.1) is 13.2 Å². The zero-order valence-corrected chi connectivity index (χ0v) is 12.4. The van der Waals surface area contributed by atoms with Gasteiger partial charge in [0, 0.05) is 32.0 Å². The Morgan fingerprint density at radius 1 is 1.21 bits per heavy atom. The van der Waals surface area contributed by atoms with Crippen molar-refractivity contribution >= 4 is 5.78 Å². The van der Waals surface area contributed by atoms with Crippen molar-refractivity contribution < 1.29 is 15.0 Å². The number of hydrogen-bond donors (Lipinski definition) is 3. The zero-order valence-electron chi connectivity index (χ0n) is 12.4. The summed E-state index contributed by atoms with van der Waals surface area (Å²) in [5.74, 6) is 0.435. The average Bonchev–Trinajstić information content (AvgIpc) is 2.27. The van der Waals surface area contributed by atoms with E-state index in [2.05, 4.69) is 17.3 Å². The molecule has 0 spiro atoms. The average molecular weight is 274 g/mol. The minimum Gasteiger partial charge on any atom is -0.395 e. The van der Waals surface area contributed by atoms with Crippen LogP contribution in [0.25, 0.3) is 0 Å². The van der Waals surface area contributed by atoms with E-state index in [-0.39, 0.29) is 6.61 Å². The summed E-state index contributed by atoms with van der Waals surface area (Å²) in [5, 5.41) is 19.3. The maximum atomic E-state index is 9.90. The molecule has 2 rings (SSSR count). The lowest BCUT2D eigenvalue weighted by molar-refractivity contribution is -0.123. The summed E-state index contributed by atoms with van der Waals surface area (Å²) in [6, 6.07) is 0.775. The fraction of sp³-hybridized carbons (Fsp3) is 0.929. The molecule has 2 fully saturated rings. The molecule has 114 valence electrons. The highest BCUT2D eigenvalue weighted by Gasteiger charge is 2.20. The number of carbonyl (C=O) groups excluding carboxylic acids is 1. The number of ketones is 1. The van der Waals surface area contributed by atoms with Crippen LogP contribution in [0.4, 0.5) is 0 Å². The Hall–Kier alpha value is -0.490. The van der Waals surface area contributed by atoms with Gasteiger partial charge in [0.25, 0.3) is 0 Å². The van der Waals surface area contributed by atoms with Crippen LogP contribution in [0.2, 0.25) is 0 Å². The molecule has 0 unspecified atom stereocenters. The fourth-order valence-electron chi connectivity index (χ4n) is 1.60. The number of aliphatic hydroxyl groups is 2. The molecule has 3 N–H and O–H groups in total. The highest BCUT2D eigenvalue weighted by atomic mass is 16.3. The number of carbonyl (C=O) groups is 1. The molecule has 0 aromatic rings. The minimum atomic E-state index is 0.233. The van der Waals surface area contributed by atoms with Crippen LogP contribution in [0.5, 0.6) is 0 Å². The number of hydrogen-bond acceptors (Lipinski definition) is 5. The SMILES string of the molecule is CN(CCO)C1CCC1.CNCCO.O=C1CCC1. The first-order valence-electron chi connectivity index (χ1n) is 7.24. The van der Waals surface area contributed by atoms with Crippen molar-refractivity contribution in [2.75, 3.05) is 40.4 Å². The highest BCUT2D eigenvalue weighted by molar-refractivity contribution is 5.83. The molecule has 0 radical (unpaired) electrons. The van der Waals surface area contributed by atoms with Crippen LogP contribution in [0.3, 0.4) is 0 Å². The standard InChI is InChI=1S/C7H15NO.C4H6O.C3H9NO/c1-8(5-6-9)7-3-2-4-7;5-4-2-1-3-4;1-4-2-3-5/h7,9H,2-6H2,1H3;1-3H2;4-5H,2-3H2,1H3. The van der Waals surface area contributed by atoms with Crippen LogP contribution in [0.1, 0.15) is 38.5 Å². The van der Waals surface area contributed by atoms with Crippen LogP contribution in [0, 0.1) is 0 Å². The van der Waals surface area contributed by atoms with Crippen LogP contribution in [-0.2, 0) is 4.79 Å². The van der Waals surface area contributed by atoms with E-state index in [9.17, 15) is 4.79 Å². The molecule has 0 amide bonds. The van der Waals surface area contributed by atoms with E-state index in [0.29, 0.717) is 18.9 Å². The van der Waals surface area contributed by atoms with Crippen LogP contribution in [-0.4, -0.2) is 67.3 Å². The molecule has 0 aliphatic heterocycles. The number of Topliss-reactive ketones (excluding diaryl/α,β-unsaturated/α-hetero) is 1. The minimum absolute atomic E-state index is 0.233. The number of aliphatic hydroxyl groups excluding tert-OH is 2. The second-order valence-electron chi connectivity index (χ2n) is 5.01. The Morgan fingerprint density at radius 2 is 1.79 bits per heavy atom. The van der Waals surface area contributed by atoms with E-state index in [0.717, 1.165) is 31.8 Å². The smallest absolute Gasteiger partial charge is 0.132 e. The Kier molecular flexibility index (Phi) is 12.2. The topological polar surface area (TPSA) is 72.8 Å². The van der Waals surface area contributed by atoms with Gasteiger partial charge in [0.15, 0.2) is 0 Å². The molecule has 0 saturated heterocycles. The van der Waals surface area contributed by atoms with Crippen LogP contribution in [0.15, 0.2) is 0 Å². The molecule has 2 aliphatic carbocycles. The van der Waals surface area contributed by atoms with E-state index in [1.54, 1.807) is 7.05 Å². The predicted molar refractivity (Wildman–Crippen MR) is 77.2 cm³/mol. The number of nitrogens with one attached hydrogen (secondary N) is 1.